The molecule has 0 unspecified atom stereocenters. The zero-order valence-electron chi connectivity index (χ0n) is 15.9. The van der Waals surface area contributed by atoms with Gasteiger partial charge >= 0.3 is 0 Å². The van der Waals surface area contributed by atoms with E-state index in [1.807, 2.05) is 0 Å². The van der Waals surface area contributed by atoms with Crippen molar-refractivity contribution < 1.29 is 22.0 Å². The van der Waals surface area contributed by atoms with Gasteiger partial charge in [0.2, 0.25) is 5.91 Å². The zero-order chi connectivity index (χ0) is 21.3. The van der Waals surface area contributed by atoms with Crippen molar-refractivity contribution >= 4 is 42.4 Å². The Labute approximate surface area is 176 Å². The van der Waals surface area contributed by atoms with Crippen LogP contribution in [0, 0.1) is 5.82 Å². The maximum absolute atomic E-state index is 13.9. The second-order valence-electron chi connectivity index (χ2n) is 6.71. The summed E-state index contributed by atoms with van der Waals surface area (Å²) in [5.74, 6) is 0.370. The molecule has 0 radical (unpaired) electrons. The fourth-order valence-corrected chi connectivity index (χ4v) is 4.57. The van der Waals surface area contributed by atoms with Crippen LogP contribution < -0.4 is 5.32 Å². The maximum atomic E-state index is 13.9. The number of rotatable bonds is 6. The van der Waals surface area contributed by atoms with Crippen LogP contribution in [0.25, 0.3) is 21.5 Å². The van der Waals surface area contributed by atoms with Crippen molar-refractivity contribution in [2.75, 3.05) is 11.6 Å². The first-order valence-corrected chi connectivity index (χ1v) is 11.7. The third-order valence-corrected chi connectivity index (χ3v) is 6.48. The van der Waals surface area contributed by atoms with Crippen LogP contribution in [0.4, 0.5) is 9.52 Å². The van der Waals surface area contributed by atoms with Gasteiger partial charge in [-0.1, -0.05) is 23.5 Å². The SMILES string of the molecule is CS(=O)(=O)c1ccc2nc(NC(=O)CCc3ccc(-c4ccccc4F)o3)sc2c1. The van der Waals surface area contributed by atoms with Crippen molar-refractivity contribution in [3.05, 3.63) is 66.2 Å². The van der Waals surface area contributed by atoms with Crippen molar-refractivity contribution in [2.24, 2.45) is 0 Å². The van der Waals surface area contributed by atoms with E-state index in [1.54, 1.807) is 42.5 Å². The van der Waals surface area contributed by atoms with E-state index in [2.05, 4.69) is 10.3 Å². The Bertz CT molecular complexity index is 1340. The van der Waals surface area contributed by atoms with Gasteiger partial charge < -0.3 is 9.73 Å². The molecule has 0 aliphatic carbocycles. The minimum Gasteiger partial charge on any atom is -0.461 e. The molecule has 0 saturated carbocycles. The van der Waals surface area contributed by atoms with E-state index in [-0.39, 0.29) is 23.0 Å². The Morgan fingerprint density at radius 2 is 1.97 bits per heavy atom. The number of nitrogens with zero attached hydrogens (tertiary/aromatic N) is 1. The summed E-state index contributed by atoms with van der Waals surface area (Å²) in [6.07, 6.45) is 1.66. The number of halogens is 1. The van der Waals surface area contributed by atoms with E-state index >= 15 is 0 Å². The number of hydrogen-bond donors (Lipinski definition) is 1. The number of furan rings is 1. The van der Waals surface area contributed by atoms with Crippen molar-refractivity contribution in [3.63, 3.8) is 0 Å². The minimum absolute atomic E-state index is 0.161. The molecule has 0 saturated heterocycles. The van der Waals surface area contributed by atoms with Gasteiger partial charge in [0, 0.05) is 19.1 Å². The average Bonchev–Trinajstić information content (AvgIpc) is 3.31. The number of sulfone groups is 1. The highest BCUT2D eigenvalue weighted by atomic mass is 32.2. The van der Waals surface area contributed by atoms with E-state index in [4.69, 9.17) is 4.42 Å². The Hall–Kier alpha value is -3.04. The lowest BCUT2D eigenvalue weighted by Gasteiger charge is -2.01. The van der Waals surface area contributed by atoms with Crippen LogP contribution in [0.3, 0.4) is 0 Å². The molecule has 0 bridgehead atoms. The summed E-state index contributed by atoms with van der Waals surface area (Å²) in [6.45, 7) is 0. The quantitative estimate of drug-likeness (QED) is 0.467. The van der Waals surface area contributed by atoms with Crippen molar-refractivity contribution in [3.8, 4) is 11.3 Å². The Morgan fingerprint density at radius 3 is 2.73 bits per heavy atom. The highest BCUT2D eigenvalue weighted by Gasteiger charge is 2.14. The molecule has 154 valence electrons. The van der Waals surface area contributed by atoms with Crippen LogP contribution >= 0.6 is 11.3 Å². The fraction of sp³-hybridized carbons (Fsp3) is 0.143. The standard InChI is InChI=1S/C21H17FN2O4S2/c1-30(26,27)14-8-9-17-19(12-14)29-21(23-17)24-20(25)11-7-13-6-10-18(28-13)15-4-2-3-5-16(15)22/h2-6,8-10,12H,7,11H2,1H3,(H,23,24,25). The number of thiazole rings is 1. The second kappa shape index (κ2) is 8.00. The molecule has 0 fully saturated rings. The molecule has 30 heavy (non-hydrogen) atoms. The number of aromatic nitrogens is 1. The molecule has 2 aromatic carbocycles. The van der Waals surface area contributed by atoms with Crippen molar-refractivity contribution in [1.82, 2.24) is 4.98 Å². The van der Waals surface area contributed by atoms with Gasteiger partial charge in [-0.05, 0) is 42.5 Å². The van der Waals surface area contributed by atoms with Gasteiger partial charge in [-0.25, -0.2) is 17.8 Å². The van der Waals surface area contributed by atoms with Gasteiger partial charge in [0.15, 0.2) is 15.0 Å². The number of amides is 1. The van der Waals surface area contributed by atoms with Crippen molar-refractivity contribution in [2.45, 2.75) is 17.7 Å². The van der Waals surface area contributed by atoms with Crippen LogP contribution in [0.5, 0.6) is 0 Å². The molecule has 9 heteroatoms. The lowest BCUT2D eigenvalue weighted by Crippen LogP contribution is -2.11. The predicted molar refractivity (Wildman–Crippen MR) is 114 cm³/mol. The molecular formula is C21H17FN2O4S2. The number of carbonyl (C=O) groups excluding carboxylic acids is 1. The van der Waals surface area contributed by atoms with Gasteiger partial charge in [0.05, 0.1) is 20.7 Å². The Kier molecular flexibility index (Phi) is 5.40. The number of hydrogen-bond acceptors (Lipinski definition) is 6. The van der Waals surface area contributed by atoms with Crippen LogP contribution in [0.15, 0.2) is 63.9 Å². The van der Waals surface area contributed by atoms with Crippen LogP contribution in [0.2, 0.25) is 0 Å². The Morgan fingerprint density at radius 1 is 1.17 bits per heavy atom. The molecule has 1 N–H and O–H groups in total. The van der Waals surface area contributed by atoms with Gasteiger partial charge in [-0.15, -0.1) is 0 Å². The molecule has 0 aliphatic heterocycles. The lowest BCUT2D eigenvalue weighted by molar-refractivity contribution is -0.116. The lowest BCUT2D eigenvalue weighted by atomic mass is 10.1. The maximum Gasteiger partial charge on any atom is 0.226 e. The Balaban J connectivity index is 1.40. The first-order chi connectivity index (χ1) is 14.3. The molecule has 2 heterocycles. The summed E-state index contributed by atoms with van der Waals surface area (Å²) in [5, 5.41) is 3.12. The summed E-state index contributed by atoms with van der Waals surface area (Å²) < 4.78 is 43.5. The van der Waals surface area contributed by atoms with Gasteiger partial charge in [-0.3, -0.25) is 4.79 Å². The molecule has 4 aromatic rings. The average molecular weight is 445 g/mol. The number of carbonyl (C=O) groups is 1. The van der Waals surface area contributed by atoms with E-state index in [1.165, 1.54) is 23.5 Å². The number of benzene rings is 2. The van der Waals surface area contributed by atoms with Gasteiger partial charge in [0.25, 0.3) is 0 Å². The normalized spacial score (nSPS) is 11.7. The molecule has 0 spiro atoms. The number of fused-ring (bicyclic) bond motifs is 1. The van der Waals surface area contributed by atoms with E-state index in [9.17, 15) is 17.6 Å². The molecule has 0 atom stereocenters. The number of aryl methyl sites for hydroxylation is 1. The first kappa shape index (κ1) is 20.2. The van der Waals surface area contributed by atoms with Gasteiger partial charge in [0.1, 0.15) is 17.3 Å². The predicted octanol–water partition coefficient (Wildman–Crippen LogP) is 4.67. The third-order valence-electron chi connectivity index (χ3n) is 4.43. The minimum atomic E-state index is -3.31. The summed E-state index contributed by atoms with van der Waals surface area (Å²) in [5.41, 5.74) is 0.986. The van der Waals surface area contributed by atoms with E-state index < -0.39 is 9.84 Å². The molecule has 0 aliphatic rings. The summed E-state index contributed by atoms with van der Waals surface area (Å²) in [4.78, 5) is 16.8. The fourth-order valence-electron chi connectivity index (χ4n) is 2.93. The third kappa shape index (κ3) is 4.42. The molecule has 6 nitrogen and oxygen atoms in total. The first-order valence-electron chi connectivity index (χ1n) is 9.04. The number of anilines is 1. The summed E-state index contributed by atoms with van der Waals surface area (Å²) in [6, 6.07) is 14.4. The van der Waals surface area contributed by atoms with Crippen LogP contribution in [0.1, 0.15) is 12.2 Å². The van der Waals surface area contributed by atoms with Crippen LogP contribution in [-0.4, -0.2) is 25.6 Å². The largest absolute Gasteiger partial charge is 0.461 e. The topological polar surface area (TPSA) is 89.3 Å². The van der Waals surface area contributed by atoms with Gasteiger partial charge in [-0.2, -0.15) is 0 Å². The van der Waals surface area contributed by atoms with E-state index in [0.717, 1.165) is 6.26 Å². The molecule has 2 aromatic heterocycles. The smallest absolute Gasteiger partial charge is 0.226 e. The second-order valence-corrected chi connectivity index (χ2v) is 9.76. The monoisotopic (exact) mass is 444 g/mol. The zero-order valence-corrected chi connectivity index (χ0v) is 17.5. The summed E-state index contributed by atoms with van der Waals surface area (Å²) in [7, 11) is -3.31. The number of nitrogens with one attached hydrogen (secondary N) is 1. The molecule has 1 amide bonds. The molecular weight excluding hydrogens is 427 g/mol. The molecule has 4 rings (SSSR count). The van der Waals surface area contributed by atoms with E-state index in [0.29, 0.717) is 38.9 Å². The van der Waals surface area contributed by atoms with Crippen molar-refractivity contribution in [1.29, 1.82) is 0 Å². The highest BCUT2D eigenvalue weighted by Crippen LogP contribution is 2.29. The summed E-state index contributed by atoms with van der Waals surface area (Å²) >= 11 is 1.21. The van der Waals surface area contributed by atoms with Crippen LogP contribution in [-0.2, 0) is 21.1 Å². The highest BCUT2D eigenvalue weighted by molar-refractivity contribution is 7.90.